The quantitative estimate of drug-likeness (QED) is 0.504. The fourth-order valence-electron chi connectivity index (χ4n) is 3.38. The van der Waals surface area contributed by atoms with E-state index in [0.29, 0.717) is 12.0 Å². The third kappa shape index (κ3) is 5.53. The van der Waals surface area contributed by atoms with Crippen LogP contribution in [0.5, 0.6) is 0 Å². The predicted molar refractivity (Wildman–Crippen MR) is 113 cm³/mol. The van der Waals surface area contributed by atoms with Crippen LogP contribution in [0.1, 0.15) is 38.3 Å². The van der Waals surface area contributed by atoms with Crippen LogP contribution in [-0.2, 0) is 11.3 Å². The summed E-state index contributed by atoms with van der Waals surface area (Å²) < 4.78 is 5.29. The topological polar surface area (TPSA) is 58.5 Å². The molecule has 0 radical (unpaired) electrons. The van der Waals surface area contributed by atoms with Crippen LogP contribution in [0.15, 0.2) is 40.7 Å². The zero-order chi connectivity index (χ0) is 19.0. The van der Waals surface area contributed by atoms with Crippen molar-refractivity contribution in [1.29, 1.82) is 0 Å². The summed E-state index contributed by atoms with van der Waals surface area (Å²) in [7, 11) is 1.78. The molecule has 1 aliphatic carbocycles. The third-order valence-corrected chi connectivity index (χ3v) is 6.14. The Bertz CT molecular complexity index is 725. The van der Waals surface area contributed by atoms with Gasteiger partial charge in [-0.05, 0) is 31.6 Å². The van der Waals surface area contributed by atoms with Gasteiger partial charge in [0.1, 0.15) is 5.01 Å². The van der Waals surface area contributed by atoms with Gasteiger partial charge in [0.25, 0.3) is 0 Å². The minimum atomic E-state index is 0.368. The number of nitrogens with one attached hydrogen (secondary N) is 2. The van der Waals surface area contributed by atoms with Crippen LogP contribution in [0.3, 0.4) is 0 Å². The Kier molecular flexibility index (Phi) is 7.24. The van der Waals surface area contributed by atoms with Crippen LogP contribution in [-0.4, -0.2) is 37.7 Å². The number of hydrogen-bond acceptors (Lipinski definition) is 4. The molecule has 1 saturated carbocycles. The van der Waals surface area contributed by atoms with E-state index in [2.05, 4.69) is 35.1 Å². The summed E-state index contributed by atoms with van der Waals surface area (Å²) in [6.07, 6.45) is 4.98. The maximum atomic E-state index is 5.29. The van der Waals surface area contributed by atoms with E-state index >= 15 is 0 Å². The molecule has 5 nitrogen and oxygen atoms in total. The van der Waals surface area contributed by atoms with Crippen LogP contribution in [0.2, 0.25) is 0 Å². The first-order valence-electron chi connectivity index (χ1n) is 9.76. The first-order valence-corrected chi connectivity index (χ1v) is 10.6. The molecule has 0 saturated heterocycles. The summed E-state index contributed by atoms with van der Waals surface area (Å²) in [5, 5.41) is 10.0. The number of rotatable bonds is 9. The normalized spacial score (nSPS) is 16.0. The Balaban J connectivity index is 1.58. The molecule has 3 rings (SSSR count). The second kappa shape index (κ2) is 9.85. The minimum Gasteiger partial charge on any atom is -0.385 e. The van der Waals surface area contributed by atoms with E-state index in [1.807, 2.05) is 18.2 Å². The Morgan fingerprint density at radius 1 is 1.26 bits per heavy atom. The minimum absolute atomic E-state index is 0.368. The largest absolute Gasteiger partial charge is 0.385 e. The van der Waals surface area contributed by atoms with Gasteiger partial charge in [0, 0.05) is 37.7 Å². The van der Waals surface area contributed by atoms with Crippen molar-refractivity contribution in [3.8, 4) is 10.6 Å². The standard InChI is InChI=1S/C21H30N4OS/c1-3-22-20(24-16-21(10-7-11-21)12-13-26-2)23-14-18-15-27-19(25-18)17-8-5-4-6-9-17/h4-6,8-9,15H,3,7,10-14,16H2,1-2H3,(H2,22,23,24). The smallest absolute Gasteiger partial charge is 0.191 e. The number of nitrogens with zero attached hydrogens (tertiary/aromatic N) is 2. The molecule has 2 aromatic rings. The monoisotopic (exact) mass is 386 g/mol. The van der Waals surface area contributed by atoms with Crippen LogP contribution in [0, 0.1) is 5.41 Å². The summed E-state index contributed by atoms with van der Waals surface area (Å²) in [6.45, 7) is 5.32. The molecule has 0 unspecified atom stereocenters. The SMILES string of the molecule is CCNC(=NCc1csc(-c2ccccc2)n1)NCC1(CCOC)CCC1. The van der Waals surface area contributed by atoms with E-state index < -0.39 is 0 Å². The van der Waals surface area contributed by atoms with Gasteiger partial charge in [-0.2, -0.15) is 0 Å². The van der Waals surface area contributed by atoms with Crippen molar-refractivity contribution in [2.24, 2.45) is 10.4 Å². The van der Waals surface area contributed by atoms with Gasteiger partial charge in [0.15, 0.2) is 5.96 Å². The number of aliphatic imine (C=N–C) groups is 1. The molecule has 1 aliphatic rings. The summed E-state index contributed by atoms with van der Waals surface area (Å²) >= 11 is 1.67. The average molecular weight is 387 g/mol. The zero-order valence-electron chi connectivity index (χ0n) is 16.3. The highest BCUT2D eigenvalue weighted by Gasteiger charge is 2.36. The molecule has 0 aliphatic heterocycles. The fraction of sp³-hybridized carbons (Fsp3) is 0.524. The van der Waals surface area contributed by atoms with Gasteiger partial charge < -0.3 is 15.4 Å². The van der Waals surface area contributed by atoms with Crippen LogP contribution >= 0.6 is 11.3 Å². The maximum absolute atomic E-state index is 5.29. The Labute approximate surface area is 166 Å². The lowest BCUT2D eigenvalue weighted by atomic mass is 9.67. The number of thiazole rings is 1. The zero-order valence-corrected chi connectivity index (χ0v) is 17.1. The van der Waals surface area contributed by atoms with Crippen molar-refractivity contribution < 1.29 is 4.74 Å². The summed E-state index contributed by atoms with van der Waals surface area (Å²) in [5.41, 5.74) is 2.54. The lowest BCUT2D eigenvalue weighted by Gasteiger charge is -2.42. The van der Waals surface area contributed by atoms with Crippen molar-refractivity contribution in [3.63, 3.8) is 0 Å². The van der Waals surface area contributed by atoms with Crippen molar-refractivity contribution in [2.45, 2.75) is 39.2 Å². The lowest BCUT2D eigenvalue weighted by Crippen LogP contribution is -2.46. The molecule has 0 spiro atoms. The highest BCUT2D eigenvalue weighted by Crippen LogP contribution is 2.43. The van der Waals surface area contributed by atoms with Gasteiger partial charge in [-0.3, -0.25) is 0 Å². The first-order chi connectivity index (χ1) is 13.2. The Morgan fingerprint density at radius 2 is 2.07 bits per heavy atom. The number of aromatic nitrogens is 1. The molecule has 146 valence electrons. The van der Waals surface area contributed by atoms with Crippen molar-refractivity contribution >= 4 is 17.3 Å². The number of benzene rings is 1. The third-order valence-electron chi connectivity index (χ3n) is 5.20. The molecule has 1 aromatic heterocycles. The molecular formula is C21H30N4OS. The van der Waals surface area contributed by atoms with Gasteiger partial charge in [0.05, 0.1) is 12.2 Å². The van der Waals surface area contributed by atoms with Crippen molar-refractivity contribution in [1.82, 2.24) is 15.6 Å². The first kappa shape index (κ1) is 19.8. The second-order valence-electron chi connectivity index (χ2n) is 7.16. The fourth-order valence-corrected chi connectivity index (χ4v) is 4.19. The molecule has 1 heterocycles. The average Bonchev–Trinajstić information content (AvgIpc) is 3.14. The van der Waals surface area contributed by atoms with E-state index in [-0.39, 0.29) is 0 Å². The van der Waals surface area contributed by atoms with Gasteiger partial charge >= 0.3 is 0 Å². The molecule has 0 bridgehead atoms. The molecule has 27 heavy (non-hydrogen) atoms. The Morgan fingerprint density at radius 3 is 2.74 bits per heavy atom. The molecule has 2 N–H and O–H groups in total. The molecule has 1 aromatic carbocycles. The number of methoxy groups -OCH3 is 1. The molecule has 0 amide bonds. The van der Waals surface area contributed by atoms with Crippen LogP contribution in [0.4, 0.5) is 0 Å². The maximum Gasteiger partial charge on any atom is 0.191 e. The van der Waals surface area contributed by atoms with E-state index in [1.165, 1.54) is 19.3 Å². The second-order valence-corrected chi connectivity index (χ2v) is 8.01. The molecule has 6 heteroatoms. The van der Waals surface area contributed by atoms with Crippen LogP contribution < -0.4 is 10.6 Å². The molecule has 0 atom stereocenters. The van der Waals surface area contributed by atoms with E-state index in [1.54, 1.807) is 18.4 Å². The van der Waals surface area contributed by atoms with Gasteiger partial charge in [-0.15, -0.1) is 11.3 Å². The van der Waals surface area contributed by atoms with E-state index in [9.17, 15) is 0 Å². The number of hydrogen-bond donors (Lipinski definition) is 2. The molecule has 1 fully saturated rings. The van der Waals surface area contributed by atoms with Gasteiger partial charge in [-0.25, -0.2) is 9.98 Å². The number of ether oxygens (including phenoxy) is 1. The predicted octanol–water partition coefficient (Wildman–Crippen LogP) is 4.07. The highest BCUT2D eigenvalue weighted by molar-refractivity contribution is 7.13. The Hall–Kier alpha value is -1.92. The summed E-state index contributed by atoms with van der Waals surface area (Å²) in [6, 6.07) is 10.3. The van der Waals surface area contributed by atoms with Gasteiger partial charge in [0.2, 0.25) is 0 Å². The number of guanidine groups is 1. The van der Waals surface area contributed by atoms with E-state index in [4.69, 9.17) is 14.7 Å². The molecular weight excluding hydrogens is 356 g/mol. The summed E-state index contributed by atoms with van der Waals surface area (Å²) in [4.78, 5) is 9.47. The summed E-state index contributed by atoms with van der Waals surface area (Å²) in [5.74, 6) is 0.871. The van der Waals surface area contributed by atoms with Gasteiger partial charge in [-0.1, -0.05) is 36.8 Å². The highest BCUT2D eigenvalue weighted by atomic mass is 32.1. The van der Waals surface area contributed by atoms with Crippen LogP contribution in [0.25, 0.3) is 10.6 Å². The lowest BCUT2D eigenvalue weighted by molar-refractivity contribution is 0.0732. The van der Waals surface area contributed by atoms with E-state index in [0.717, 1.165) is 48.3 Å². The van der Waals surface area contributed by atoms with Crippen molar-refractivity contribution in [2.75, 3.05) is 26.8 Å². The van der Waals surface area contributed by atoms with Crippen molar-refractivity contribution in [3.05, 3.63) is 41.4 Å².